The molecule has 0 aliphatic carbocycles. The number of ketones is 1. The van der Waals surface area contributed by atoms with Gasteiger partial charge in [-0.15, -0.1) is 11.6 Å². The molecule has 0 aliphatic heterocycles. The molecule has 0 fully saturated rings. The van der Waals surface area contributed by atoms with Crippen molar-refractivity contribution in [1.29, 1.82) is 0 Å². The second kappa shape index (κ2) is 6.61. The van der Waals surface area contributed by atoms with E-state index in [1.807, 2.05) is 0 Å². The summed E-state index contributed by atoms with van der Waals surface area (Å²) in [4.78, 5) is 21.2. The quantitative estimate of drug-likeness (QED) is 0.284. The van der Waals surface area contributed by atoms with Gasteiger partial charge in [-0.2, -0.15) is 0 Å². The van der Waals surface area contributed by atoms with Crippen LogP contribution in [0.3, 0.4) is 0 Å². The van der Waals surface area contributed by atoms with Crippen molar-refractivity contribution in [3.05, 3.63) is 25.0 Å². The van der Waals surface area contributed by atoms with Crippen LogP contribution in [0, 0.1) is 0 Å². The van der Waals surface area contributed by atoms with Crippen LogP contribution in [0.4, 0.5) is 0 Å². The fourth-order valence-electron chi connectivity index (χ4n) is 0.472. The summed E-state index contributed by atoms with van der Waals surface area (Å²) in [6, 6.07) is 0. The Bertz CT molecular complexity index is 208. The SMILES string of the molecule is C=COC(=O)CC=CC(=O)CCl. The minimum Gasteiger partial charge on any atom is -0.435 e. The Hall–Kier alpha value is -1.09. The Morgan fingerprint density at radius 3 is 2.67 bits per heavy atom. The van der Waals surface area contributed by atoms with Gasteiger partial charge in [0.2, 0.25) is 0 Å². The van der Waals surface area contributed by atoms with E-state index in [4.69, 9.17) is 11.6 Å². The van der Waals surface area contributed by atoms with Gasteiger partial charge in [-0.3, -0.25) is 9.59 Å². The van der Waals surface area contributed by atoms with Gasteiger partial charge in [0.1, 0.15) is 0 Å². The Balaban J connectivity index is 3.66. The van der Waals surface area contributed by atoms with E-state index in [0.29, 0.717) is 0 Å². The molecular weight excluding hydrogens is 180 g/mol. The Morgan fingerprint density at radius 2 is 2.17 bits per heavy atom. The summed E-state index contributed by atoms with van der Waals surface area (Å²) < 4.78 is 4.39. The van der Waals surface area contributed by atoms with E-state index in [-0.39, 0.29) is 18.1 Å². The monoisotopic (exact) mass is 188 g/mol. The van der Waals surface area contributed by atoms with Crippen molar-refractivity contribution in [2.45, 2.75) is 6.42 Å². The first-order chi connectivity index (χ1) is 5.70. The average molecular weight is 189 g/mol. The van der Waals surface area contributed by atoms with E-state index >= 15 is 0 Å². The maximum atomic E-state index is 10.6. The Kier molecular flexibility index (Phi) is 6.01. The summed E-state index contributed by atoms with van der Waals surface area (Å²) in [5.74, 6) is -0.765. The molecule has 0 amide bonds. The van der Waals surface area contributed by atoms with Crippen LogP contribution in [0.5, 0.6) is 0 Å². The van der Waals surface area contributed by atoms with Gasteiger partial charge in [-0.05, 0) is 6.08 Å². The fourth-order valence-corrected chi connectivity index (χ4v) is 0.561. The van der Waals surface area contributed by atoms with Gasteiger partial charge in [0.25, 0.3) is 0 Å². The largest absolute Gasteiger partial charge is 0.435 e. The third-order valence-corrected chi connectivity index (χ3v) is 1.20. The maximum Gasteiger partial charge on any atom is 0.314 e. The van der Waals surface area contributed by atoms with Crippen LogP contribution >= 0.6 is 11.6 Å². The molecule has 0 spiro atoms. The zero-order valence-electron chi connectivity index (χ0n) is 6.46. The summed E-state index contributed by atoms with van der Waals surface area (Å²) in [7, 11) is 0. The summed E-state index contributed by atoms with van der Waals surface area (Å²) in [5.41, 5.74) is 0. The minimum absolute atomic E-state index is 0.0502. The summed E-state index contributed by atoms with van der Waals surface area (Å²) in [6.07, 6.45) is 3.74. The number of hydrogen-bond acceptors (Lipinski definition) is 3. The van der Waals surface area contributed by atoms with E-state index in [1.54, 1.807) is 0 Å². The standard InChI is InChI=1S/C8H9ClO3/c1-2-12-8(11)5-3-4-7(10)6-9/h2-4H,1,5-6H2. The molecule has 0 N–H and O–H groups in total. The van der Waals surface area contributed by atoms with Gasteiger partial charge in [0, 0.05) is 0 Å². The highest BCUT2D eigenvalue weighted by atomic mass is 35.5. The molecule has 3 nitrogen and oxygen atoms in total. The third-order valence-electron chi connectivity index (χ3n) is 0.935. The highest BCUT2D eigenvalue weighted by molar-refractivity contribution is 6.29. The van der Waals surface area contributed by atoms with Crippen LogP contribution in [-0.4, -0.2) is 17.6 Å². The van der Waals surface area contributed by atoms with Gasteiger partial charge in [0.15, 0.2) is 5.78 Å². The molecule has 0 radical (unpaired) electrons. The van der Waals surface area contributed by atoms with Crippen LogP contribution in [0.1, 0.15) is 6.42 Å². The normalized spacial score (nSPS) is 9.75. The zero-order valence-corrected chi connectivity index (χ0v) is 7.21. The molecule has 66 valence electrons. The lowest BCUT2D eigenvalue weighted by Gasteiger charge is -1.91. The van der Waals surface area contributed by atoms with Crippen molar-refractivity contribution in [2.24, 2.45) is 0 Å². The van der Waals surface area contributed by atoms with Gasteiger partial charge in [-0.1, -0.05) is 12.7 Å². The molecule has 0 bridgehead atoms. The predicted molar refractivity (Wildman–Crippen MR) is 45.8 cm³/mol. The molecule has 12 heavy (non-hydrogen) atoms. The third kappa shape index (κ3) is 5.68. The van der Waals surface area contributed by atoms with Crippen LogP contribution < -0.4 is 0 Å². The van der Waals surface area contributed by atoms with Crippen molar-refractivity contribution >= 4 is 23.4 Å². The Morgan fingerprint density at radius 1 is 1.50 bits per heavy atom. The number of hydrogen-bond donors (Lipinski definition) is 0. The highest BCUT2D eigenvalue weighted by Crippen LogP contribution is 1.90. The van der Waals surface area contributed by atoms with Crippen LogP contribution in [-0.2, 0) is 14.3 Å². The van der Waals surface area contributed by atoms with E-state index in [9.17, 15) is 9.59 Å². The topological polar surface area (TPSA) is 43.4 Å². The van der Waals surface area contributed by atoms with Gasteiger partial charge in [0.05, 0.1) is 18.6 Å². The molecule has 0 aromatic heterocycles. The summed E-state index contributed by atoms with van der Waals surface area (Å²) in [5, 5.41) is 0. The van der Waals surface area contributed by atoms with E-state index < -0.39 is 5.97 Å². The smallest absolute Gasteiger partial charge is 0.314 e. The van der Waals surface area contributed by atoms with Crippen LogP contribution in [0.25, 0.3) is 0 Å². The van der Waals surface area contributed by atoms with Crippen molar-refractivity contribution < 1.29 is 14.3 Å². The summed E-state index contributed by atoms with van der Waals surface area (Å²) in [6.45, 7) is 3.20. The number of carbonyl (C=O) groups is 2. The lowest BCUT2D eigenvalue weighted by Crippen LogP contribution is -1.98. The number of rotatable bonds is 5. The van der Waals surface area contributed by atoms with E-state index in [2.05, 4.69) is 11.3 Å². The second-order valence-electron chi connectivity index (χ2n) is 1.86. The van der Waals surface area contributed by atoms with Crippen molar-refractivity contribution in [1.82, 2.24) is 0 Å². The van der Waals surface area contributed by atoms with Gasteiger partial charge < -0.3 is 4.74 Å². The van der Waals surface area contributed by atoms with Crippen molar-refractivity contribution in [2.75, 3.05) is 5.88 Å². The predicted octanol–water partition coefficient (Wildman–Crippen LogP) is 1.43. The maximum absolute atomic E-state index is 10.6. The number of carbonyl (C=O) groups excluding carboxylic acids is 2. The second-order valence-corrected chi connectivity index (χ2v) is 2.13. The molecule has 0 aliphatic rings. The number of halogens is 1. The molecule has 0 aromatic carbocycles. The highest BCUT2D eigenvalue weighted by Gasteiger charge is 1.96. The minimum atomic E-state index is -0.455. The van der Waals surface area contributed by atoms with E-state index in [0.717, 1.165) is 6.26 Å². The molecule has 0 saturated heterocycles. The number of ether oxygens (including phenoxy) is 1. The molecule has 0 aromatic rings. The molecule has 0 atom stereocenters. The van der Waals surface area contributed by atoms with Crippen LogP contribution in [0.2, 0.25) is 0 Å². The number of alkyl halides is 1. The Labute approximate surface area is 75.7 Å². The van der Waals surface area contributed by atoms with Gasteiger partial charge in [-0.25, -0.2) is 0 Å². The molecular formula is C8H9ClO3. The lowest BCUT2D eigenvalue weighted by atomic mass is 10.3. The molecule has 0 heterocycles. The fraction of sp³-hybridized carbons (Fsp3) is 0.250. The summed E-state index contributed by atoms with van der Waals surface area (Å²) >= 11 is 5.20. The zero-order chi connectivity index (χ0) is 9.40. The molecule has 0 rings (SSSR count). The van der Waals surface area contributed by atoms with E-state index in [1.165, 1.54) is 12.2 Å². The van der Waals surface area contributed by atoms with Crippen molar-refractivity contribution in [3.8, 4) is 0 Å². The molecule has 4 heteroatoms. The van der Waals surface area contributed by atoms with Crippen molar-refractivity contribution in [3.63, 3.8) is 0 Å². The lowest BCUT2D eigenvalue weighted by molar-refractivity contribution is -0.136. The average Bonchev–Trinajstić information content (AvgIpc) is 2.04. The van der Waals surface area contributed by atoms with Gasteiger partial charge >= 0.3 is 5.97 Å². The first-order valence-electron chi connectivity index (χ1n) is 3.26. The molecule has 0 unspecified atom stereocenters. The van der Waals surface area contributed by atoms with Crippen LogP contribution in [0.15, 0.2) is 25.0 Å². The first-order valence-corrected chi connectivity index (χ1v) is 3.80. The number of esters is 1. The number of allylic oxidation sites excluding steroid dienone is 1. The molecule has 0 saturated carbocycles. The first kappa shape index (κ1) is 10.9.